The summed E-state index contributed by atoms with van der Waals surface area (Å²) in [4.78, 5) is 23.6. The smallest absolute Gasteiger partial charge is 0.305 e. The lowest BCUT2D eigenvalue weighted by molar-refractivity contribution is -0.142. The molecule has 238 valence electrons. The molecule has 0 spiro atoms. The van der Waals surface area contributed by atoms with Crippen LogP contribution in [0.3, 0.4) is 0 Å². The van der Waals surface area contributed by atoms with Gasteiger partial charge < -0.3 is 19.4 Å². The van der Waals surface area contributed by atoms with Gasteiger partial charge in [-0.25, -0.2) is 15.4 Å². The zero-order valence-corrected chi connectivity index (χ0v) is 26.1. The first kappa shape index (κ1) is 31.5. The van der Waals surface area contributed by atoms with E-state index in [1.165, 1.54) is 13.2 Å². The van der Waals surface area contributed by atoms with Gasteiger partial charge in [-0.3, -0.25) is 9.69 Å². The van der Waals surface area contributed by atoms with Crippen LogP contribution in [0.25, 0.3) is 4.85 Å². The fraction of sp³-hybridized carbons (Fsp3) is 0.583. The van der Waals surface area contributed by atoms with Crippen molar-refractivity contribution in [3.63, 3.8) is 0 Å². The Kier molecular flexibility index (Phi) is 9.40. The fourth-order valence-corrected chi connectivity index (χ4v) is 8.60. The highest BCUT2D eigenvalue weighted by Crippen LogP contribution is 2.54. The Bertz CT molecular complexity index is 1450. The molecular weight excluding hydrogens is 572 g/mol. The van der Waals surface area contributed by atoms with E-state index in [1.54, 1.807) is 12.1 Å². The van der Waals surface area contributed by atoms with Gasteiger partial charge in [-0.2, -0.15) is 5.26 Å². The predicted octanol–water partition coefficient (Wildman–Crippen LogP) is 5.79. The number of halogens is 2. The Morgan fingerprint density at radius 3 is 2.53 bits per heavy atom. The van der Waals surface area contributed by atoms with E-state index in [0.29, 0.717) is 37.5 Å². The lowest BCUT2D eigenvalue weighted by atomic mass is 9.63. The van der Waals surface area contributed by atoms with Crippen LogP contribution in [0.4, 0.5) is 14.5 Å². The number of ether oxygens (including phenoxy) is 1. The monoisotopic (exact) mass is 615 g/mol. The maximum Gasteiger partial charge on any atom is 0.305 e. The lowest BCUT2D eigenvalue weighted by Gasteiger charge is -2.46. The van der Waals surface area contributed by atoms with Crippen molar-refractivity contribution in [2.24, 2.45) is 23.7 Å². The Morgan fingerprint density at radius 2 is 1.87 bits per heavy atom. The van der Waals surface area contributed by atoms with Crippen LogP contribution in [-0.2, 0) is 21.6 Å². The number of nitrogens with zero attached hydrogens (tertiary/aromatic N) is 5. The minimum Gasteiger partial charge on any atom is -0.469 e. The highest BCUT2D eigenvalue weighted by molar-refractivity contribution is 5.69. The van der Waals surface area contributed by atoms with Gasteiger partial charge in [0.1, 0.15) is 12.0 Å². The second-order valence-electron chi connectivity index (χ2n) is 13.6. The van der Waals surface area contributed by atoms with Gasteiger partial charge in [-0.05, 0) is 80.6 Å². The second kappa shape index (κ2) is 13.4. The van der Waals surface area contributed by atoms with E-state index in [2.05, 4.69) is 26.8 Å². The van der Waals surface area contributed by atoms with Crippen LogP contribution in [0.15, 0.2) is 42.5 Å². The standard InChI is InChI=1S/C36H43F2N5O2/c1-40-36(30-6-4-7-31(37)17-30,34-8-3-5-26(34)16-35(44)45-2)29-11-13-41(14-12-29)19-25-20-43(21-25)33-10-9-27(18-39)28(15-33)22-42-23-32(38)24-42/h4,6-7,9-10,15,17,25-26,29,32,34H,3,5,8,11-14,16,19-24H2,2H3/t26-,34+,36-/m1/s1. The summed E-state index contributed by atoms with van der Waals surface area (Å²) in [6.07, 6.45) is 4.00. The zero-order valence-electron chi connectivity index (χ0n) is 26.1. The maximum atomic E-state index is 14.6. The number of methoxy groups -OCH3 is 1. The van der Waals surface area contributed by atoms with E-state index >= 15 is 0 Å². The van der Waals surface area contributed by atoms with Crippen molar-refractivity contribution in [3.05, 3.63) is 76.4 Å². The predicted molar refractivity (Wildman–Crippen MR) is 168 cm³/mol. The summed E-state index contributed by atoms with van der Waals surface area (Å²) in [6, 6.07) is 14.9. The van der Waals surface area contributed by atoms with Gasteiger partial charge in [-0.15, -0.1) is 0 Å². The molecule has 1 saturated carbocycles. The summed E-state index contributed by atoms with van der Waals surface area (Å²) < 4.78 is 32.9. The number of benzene rings is 2. The third-order valence-electron chi connectivity index (χ3n) is 10.9. The molecule has 0 unspecified atom stereocenters. The van der Waals surface area contributed by atoms with E-state index in [1.807, 2.05) is 23.1 Å². The number of likely N-dealkylation sites (tertiary alicyclic amines) is 2. The summed E-state index contributed by atoms with van der Waals surface area (Å²) in [5.74, 6) is 0.116. The van der Waals surface area contributed by atoms with Gasteiger partial charge >= 0.3 is 5.97 Å². The van der Waals surface area contributed by atoms with Crippen LogP contribution in [0, 0.1) is 47.4 Å². The molecule has 3 aliphatic heterocycles. The number of esters is 1. The number of carbonyl (C=O) groups is 1. The summed E-state index contributed by atoms with van der Waals surface area (Å²) in [7, 11) is 1.41. The Morgan fingerprint density at radius 1 is 1.09 bits per heavy atom. The number of carbonyl (C=O) groups excluding carboxylic acids is 1. The molecule has 4 fully saturated rings. The summed E-state index contributed by atoms with van der Waals surface area (Å²) in [5.41, 5.74) is 2.64. The van der Waals surface area contributed by atoms with E-state index in [4.69, 9.17) is 11.3 Å². The molecule has 2 aromatic rings. The molecule has 2 aromatic carbocycles. The first-order valence-corrected chi connectivity index (χ1v) is 16.4. The average Bonchev–Trinajstić information content (AvgIpc) is 3.47. The molecule has 0 aromatic heterocycles. The summed E-state index contributed by atoms with van der Waals surface area (Å²) in [5, 5.41) is 9.57. The van der Waals surface area contributed by atoms with Gasteiger partial charge in [0.25, 0.3) is 5.54 Å². The van der Waals surface area contributed by atoms with Crippen molar-refractivity contribution >= 4 is 11.7 Å². The highest BCUT2D eigenvalue weighted by atomic mass is 19.1. The number of anilines is 1. The molecule has 0 amide bonds. The van der Waals surface area contributed by atoms with Gasteiger partial charge in [-0.1, -0.05) is 18.6 Å². The number of hydrogen-bond donors (Lipinski definition) is 0. The number of alkyl halides is 1. The SMILES string of the molecule is [C-]#[N+][C@@](c1cccc(F)c1)(C1CCN(CC2CN(c3ccc(C#N)c(CN4CC(F)C4)c3)C2)CC1)[C@H]1CCC[C@@H]1CC(=O)OC. The molecule has 3 heterocycles. The minimum absolute atomic E-state index is 0.00977. The first-order chi connectivity index (χ1) is 21.8. The van der Waals surface area contributed by atoms with Crippen molar-refractivity contribution in [2.75, 3.05) is 57.8 Å². The number of nitriles is 1. The Hall–Kier alpha value is -3.53. The molecule has 6 rings (SSSR count). The van der Waals surface area contributed by atoms with Crippen molar-refractivity contribution < 1.29 is 18.3 Å². The summed E-state index contributed by atoms with van der Waals surface area (Å²) in [6.45, 7) is 14.7. The third-order valence-corrected chi connectivity index (χ3v) is 10.9. The normalized spacial score (nSPS) is 24.7. The zero-order chi connectivity index (χ0) is 31.6. The van der Waals surface area contributed by atoms with Crippen LogP contribution >= 0.6 is 0 Å². The lowest BCUT2D eigenvalue weighted by Crippen LogP contribution is -2.53. The van der Waals surface area contributed by atoms with Crippen LogP contribution < -0.4 is 4.90 Å². The third kappa shape index (κ3) is 6.44. The van der Waals surface area contributed by atoms with E-state index in [9.17, 15) is 18.8 Å². The number of piperidine rings is 1. The number of rotatable bonds is 10. The fourth-order valence-electron chi connectivity index (χ4n) is 8.60. The van der Waals surface area contributed by atoms with E-state index in [-0.39, 0.29) is 29.5 Å². The molecule has 0 bridgehead atoms. The van der Waals surface area contributed by atoms with E-state index in [0.717, 1.165) is 81.6 Å². The quantitative estimate of drug-likeness (QED) is 0.249. The second-order valence-corrected chi connectivity index (χ2v) is 13.6. The molecule has 3 atom stereocenters. The van der Waals surface area contributed by atoms with Crippen LogP contribution in [-0.4, -0.2) is 74.9 Å². The molecule has 45 heavy (non-hydrogen) atoms. The van der Waals surface area contributed by atoms with Gasteiger partial charge in [0.15, 0.2) is 0 Å². The van der Waals surface area contributed by atoms with Gasteiger partial charge in [0, 0.05) is 74.7 Å². The van der Waals surface area contributed by atoms with Crippen molar-refractivity contribution in [1.29, 1.82) is 5.26 Å². The van der Waals surface area contributed by atoms with Gasteiger partial charge in [0.05, 0.1) is 18.7 Å². The highest BCUT2D eigenvalue weighted by Gasteiger charge is 2.58. The van der Waals surface area contributed by atoms with Crippen molar-refractivity contribution in [1.82, 2.24) is 9.80 Å². The van der Waals surface area contributed by atoms with Crippen LogP contribution in [0.2, 0.25) is 0 Å². The Balaban J connectivity index is 1.09. The van der Waals surface area contributed by atoms with Crippen LogP contribution in [0.1, 0.15) is 55.2 Å². The van der Waals surface area contributed by atoms with E-state index < -0.39 is 11.7 Å². The largest absolute Gasteiger partial charge is 0.469 e. The molecule has 4 aliphatic rings. The molecular formula is C36H43F2N5O2. The average molecular weight is 616 g/mol. The van der Waals surface area contributed by atoms with Crippen LogP contribution in [0.5, 0.6) is 0 Å². The topological polar surface area (TPSA) is 64.2 Å². The molecule has 7 nitrogen and oxygen atoms in total. The molecule has 1 aliphatic carbocycles. The first-order valence-electron chi connectivity index (χ1n) is 16.4. The number of hydrogen-bond acceptors (Lipinski definition) is 6. The maximum absolute atomic E-state index is 14.6. The van der Waals surface area contributed by atoms with Crippen molar-refractivity contribution in [3.8, 4) is 6.07 Å². The summed E-state index contributed by atoms with van der Waals surface area (Å²) >= 11 is 0. The molecule has 0 radical (unpaired) electrons. The van der Waals surface area contributed by atoms with Gasteiger partial charge in [0.2, 0.25) is 0 Å². The Labute approximate surface area is 265 Å². The molecule has 0 N–H and O–H groups in total. The molecule has 3 saturated heterocycles. The minimum atomic E-state index is -0.856. The molecule has 9 heteroatoms. The van der Waals surface area contributed by atoms with Crippen molar-refractivity contribution in [2.45, 2.75) is 56.8 Å².